The van der Waals surface area contributed by atoms with E-state index in [1.807, 2.05) is 0 Å². The third-order valence-corrected chi connectivity index (χ3v) is 3.69. The van der Waals surface area contributed by atoms with Crippen LogP contribution >= 0.6 is 0 Å². The largest absolute Gasteiger partial charge is 0.496 e. The van der Waals surface area contributed by atoms with E-state index in [2.05, 4.69) is 0 Å². The first-order valence-electron chi connectivity index (χ1n) is 6.79. The van der Waals surface area contributed by atoms with Crippen LogP contribution in [0.2, 0.25) is 0 Å². The second-order valence-corrected chi connectivity index (χ2v) is 4.99. The summed E-state index contributed by atoms with van der Waals surface area (Å²) in [5, 5.41) is 10.8. The molecule has 0 radical (unpaired) electrons. The van der Waals surface area contributed by atoms with Crippen molar-refractivity contribution in [2.45, 2.75) is 6.54 Å². The molecule has 0 aliphatic carbocycles. The van der Waals surface area contributed by atoms with Crippen LogP contribution in [0.25, 0.3) is 0 Å². The van der Waals surface area contributed by atoms with Gasteiger partial charge in [-0.15, -0.1) is 0 Å². The molecule has 1 heterocycles. The molecule has 3 rings (SSSR count). The van der Waals surface area contributed by atoms with Gasteiger partial charge in [0.2, 0.25) is 0 Å². The van der Waals surface area contributed by atoms with E-state index in [0.29, 0.717) is 11.4 Å². The Kier molecular flexibility index (Phi) is 3.53. The third-order valence-electron chi connectivity index (χ3n) is 3.69. The monoisotopic (exact) mass is 312 g/mol. The SMILES string of the molecule is COc1ccccc1CN1C(=O)C(=O)c2cc([N+](=O)[O-])ccc21. The number of ketones is 1. The normalized spacial score (nSPS) is 13.2. The van der Waals surface area contributed by atoms with Crippen LogP contribution in [-0.4, -0.2) is 23.7 Å². The van der Waals surface area contributed by atoms with E-state index < -0.39 is 16.6 Å². The summed E-state index contributed by atoms with van der Waals surface area (Å²) >= 11 is 0. The number of rotatable bonds is 4. The third kappa shape index (κ3) is 2.42. The Morgan fingerprint density at radius 3 is 2.61 bits per heavy atom. The van der Waals surface area contributed by atoms with Crippen molar-refractivity contribution in [3.63, 3.8) is 0 Å². The van der Waals surface area contributed by atoms with E-state index >= 15 is 0 Å². The Morgan fingerprint density at radius 1 is 1.17 bits per heavy atom. The molecule has 0 N–H and O–H groups in total. The Balaban J connectivity index is 2.01. The van der Waals surface area contributed by atoms with Gasteiger partial charge in [0.05, 0.1) is 29.8 Å². The molecule has 7 nitrogen and oxygen atoms in total. The highest BCUT2D eigenvalue weighted by Crippen LogP contribution is 2.34. The minimum atomic E-state index is -0.737. The van der Waals surface area contributed by atoms with Crippen LogP contribution in [0.4, 0.5) is 11.4 Å². The fraction of sp³-hybridized carbons (Fsp3) is 0.125. The lowest BCUT2D eigenvalue weighted by molar-refractivity contribution is -0.384. The molecule has 0 saturated carbocycles. The maximum absolute atomic E-state index is 12.2. The lowest BCUT2D eigenvalue weighted by atomic mass is 10.1. The highest BCUT2D eigenvalue weighted by Gasteiger charge is 2.37. The van der Waals surface area contributed by atoms with Crippen LogP contribution in [0.5, 0.6) is 5.75 Å². The van der Waals surface area contributed by atoms with Crippen molar-refractivity contribution < 1.29 is 19.2 Å². The van der Waals surface area contributed by atoms with E-state index in [0.717, 1.165) is 11.6 Å². The first-order chi connectivity index (χ1) is 11.0. The first kappa shape index (κ1) is 14.7. The zero-order valence-electron chi connectivity index (χ0n) is 12.2. The number of benzene rings is 2. The summed E-state index contributed by atoms with van der Waals surface area (Å²) in [5.74, 6) is -0.840. The number of carbonyl (C=O) groups is 2. The van der Waals surface area contributed by atoms with Gasteiger partial charge in [-0.05, 0) is 12.1 Å². The van der Waals surface area contributed by atoms with Gasteiger partial charge in [-0.3, -0.25) is 19.7 Å². The summed E-state index contributed by atoms with van der Waals surface area (Å²) in [6.07, 6.45) is 0. The Morgan fingerprint density at radius 2 is 1.91 bits per heavy atom. The zero-order chi connectivity index (χ0) is 16.6. The van der Waals surface area contributed by atoms with Gasteiger partial charge < -0.3 is 9.64 Å². The van der Waals surface area contributed by atoms with Crippen molar-refractivity contribution in [1.82, 2.24) is 0 Å². The quantitative estimate of drug-likeness (QED) is 0.491. The maximum Gasteiger partial charge on any atom is 0.299 e. The van der Waals surface area contributed by atoms with Crippen LogP contribution in [0.3, 0.4) is 0 Å². The lowest BCUT2D eigenvalue weighted by Gasteiger charge is -2.18. The van der Waals surface area contributed by atoms with Gasteiger partial charge in [-0.25, -0.2) is 0 Å². The number of nitro groups is 1. The minimum absolute atomic E-state index is 0.0547. The summed E-state index contributed by atoms with van der Waals surface area (Å²) in [6, 6.07) is 11.0. The number of para-hydroxylation sites is 1. The summed E-state index contributed by atoms with van der Waals surface area (Å²) in [4.78, 5) is 35.8. The summed E-state index contributed by atoms with van der Waals surface area (Å²) in [5.41, 5.74) is 0.946. The summed E-state index contributed by atoms with van der Waals surface area (Å²) in [7, 11) is 1.52. The number of nitrogens with zero attached hydrogens (tertiary/aromatic N) is 2. The highest BCUT2D eigenvalue weighted by molar-refractivity contribution is 6.52. The smallest absolute Gasteiger partial charge is 0.299 e. The van der Waals surface area contributed by atoms with Crippen LogP contribution in [0, 0.1) is 10.1 Å². The van der Waals surface area contributed by atoms with Gasteiger partial charge in [-0.2, -0.15) is 0 Å². The summed E-state index contributed by atoms with van der Waals surface area (Å²) in [6.45, 7) is 0.152. The van der Waals surface area contributed by atoms with Crippen molar-refractivity contribution in [3.05, 3.63) is 63.7 Å². The number of carbonyl (C=O) groups excluding carboxylic acids is 2. The zero-order valence-corrected chi connectivity index (χ0v) is 12.2. The summed E-state index contributed by atoms with van der Waals surface area (Å²) < 4.78 is 5.24. The number of non-ortho nitro benzene ring substituents is 1. The molecule has 0 bridgehead atoms. The number of hydrogen-bond acceptors (Lipinski definition) is 5. The molecule has 2 aromatic carbocycles. The highest BCUT2D eigenvalue weighted by atomic mass is 16.6. The van der Waals surface area contributed by atoms with E-state index in [1.165, 1.54) is 24.1 Å². The van der Waals surface area contributed by atoms with Crippen molar-refractivity contribution >= 4 is 23.1 Å². The molecule has 1 amide bonds. The number of methoxy groups -OCH3 is 1. The topological polar surface area (TPSA) is 89.8 Å². The average Bonchev–Trinajstić information content (AvgIpc) is 2.80. The molecular weight excluding hydrogens is 300 g/mol. The first-order valence-corrected chi connectivity index (χ1v) is 6.79. The number of fused-ring (bicyclic) bond motifs is 1. The van der Waals surface area contributed by atoms with Gasteiger partial charge in [0, 0.05) is 17.7 Å². The van der Waals surface area contributed by atoms with Crippen LogP contribution in [-0.2, 0) is 11.3 Å². The number of amides is 1. The molecule has 1 aliphatic rings. The molecule has 0 fully saturated rings. The van der Waals surface area contributed by atoms with Gasteiger partial charge >= 0.3 is 0 Å². The number of ether oxygens (including phenoxy) is 1. The van der Waals surface area contributed by atoms with E-state index in [4.69, 9.17) is 4.74 Å². The van der Waals surface area contributed by atoms with Crippen molar-refractivity contribution in [3.8, 4) is 5.75 Å². The van der Waals surface area contributed by atoms with Gasteiger partial charge in [0.1, 0.15) is 5.75 Å². The fourth-order valence-corrected chi connectivity index (χ4v) is 2.56. The molecule has 7 heteroatoms. The predicted molar refractivity (Wildman–Crippen MR) is 81.6 cm³/mol. The van der Waals surface area contributed by atoms with Crippen LogP contribution in [0.15, 0.2) is 42.5 Å². The molecule has 0 saturated heterocycles. The minimum Gasteiger partial charge on any atom is -0.496 e. The molecule has 2 aromatic rings. The predicted octanol–water partition coefficient (Wildman–Crippen LogP) is 2.33. The van der Waals surface area contributed by atoms with Gasteiger partial charge in [0.25, 0.3) is 17.4 Å². The molecule has 0 aromatic heterocycles. The standard InChI is InChI=1S/C16H12N2O5/c1-23-14-5-3-2-4-10(14)9-17-13-7-6-11(18(21)22)8-12(13)15(19)16(17)20/h2-8H,9H2,1H3. The van der Waals surface area contributed by atoms with Gasteiger partial charge in [0.15, 0.2) is 0 Å². The van der Waals surface area contributed by atoms with E-state index in [-0.39, 0.29) is 17.8 Å². The van der Waals surface area contributed by atoms with Crippen molar-refractivity contribution in [1.29, 1.82) is 0 Å². The Labute approximate surface area is 131 Å². The molecule has 23 heavy (non-hydrogen) atoms. The average molecular weight is 312 g/mol. The molecule has 116 valence electrons. The Hall–Kier alpha value is -3.22. The molecule has 0 atom stereocenters. The van der Waals surface area contributed by atoms with E-state index in [1.54, 1.807) is 24.3 Å². The number of anilines is 1. The fourth-order valence-electron chi connectivity index (χ4n) is 2.56. The van der Waals surface area contributed by atoms with E-state index in [9.17, 15) is 19.7 Å². The molecule has 1 aliphatic heterocycles. The molecule has 0 spiro atoms. The second kappa shape index (κ2) is 5.53. The molecular formula is C16H12N2O5. The second-order valence-electron chi connectivity index (χ2n) is 4.99. The Bertz CT molecular complexity index is 831. The number of Topliss-reactive ketones (excluding diaryl/α,β-unsaturated/α-hetero) is 1. The van der Waals surface area contributed by atoms with Gasteiger partial charge in [-0.1, -0.05) is 18.2 Å². The van der Waals surface area contributed by atoms with Crippen molar-refractivity contribution in [2.24, 2.45) is 0 Å². The lowest BCUT2D eigenvalue weighted by Crippen LogP contribution is -2.29. The van der Waals surface area contributed by atoms with Crippen LogP contribution < -0.4 is 9.64 Å². The number of nitro benzene ring substituents is 1. The maximum atomic E-state index is 12.2. The molecule has 0 unspecified atom stereocenters. The number of hydrogen-bond donors (Lipinski definition) is 0. The van der Waals surface area contributed by atoms with Crippen molar-refractivity contribution in [2.75, 3.05) is 12.0 Å². The van der Waals surface area contributed by atoms with Crippen LogP contribution in [0.1, 0.15) is 15.9 Å².